The third-order valence-electron chi connectivity index (χ3n) is 2.64. The molecular formula is C12H19F3N2O3S. The van der Waals surface area contributed by atoms with Gasteiger partial charge < -0.3 is 9.73 Å². The Morgan fingerprint density at radius 2 is 1.95 bits per heavy atom. The first-order valence-electron chi connectivity index (χ1n) is 6.52. The van der Waals surface area contributed by atoms with Crippen LogP contribution in [0.3, 0.4) is 0 Å². The topological polar surface area (TPSA) is 71.3 Å². The lowest BCUT2D eigenvalue weighted by atomic mass is 10.4. The first-order valence-corrected chi connectivity index (χ1v) is 8.00. The molecule has 21 heavy (non-hydrogen) atoms. The minimum atomic E-state index is -4.40. The van der Waals surface area contributed by atoms with Gasteiger partial charge in [0.2, 0.25) is 10.0 Å². The van der Waals surface area contributed by atoms with Gasteiger partial charge in [-0.2, -0.15) is 13.2 Å². The van der Waals surface area contributed by atoms with E-state index < -0.39 is 29.2 Å². The van der Waals surface area contributed by atoms with E-state index in [2.05, 4.69) is 5.32 Å². The molecule has 0 aromatic carbocycles. The van der Waals surface area contributed by atoms with E-state index in [1.165, 1.54) is 13.0 Å². The molecule has 1 aromatic rings. The maximum atomic E-state index is 12.0. The highest BCUT2D eigenvalue weighted by atomic mass is 32.2. The van der Waals surface area contributed by atoms with E-state index in [1.54, 1.807) is 0 Å². The average molecular weight is 328 g/mol. The Morgan fingerprint density at radius 1 is 1.29 bits per heavy atom. The lowest BCUT2D eigenvalue weighted by Crippen LogP contribution is -2.28. The third kappa shape index (κ3) is 6.06. The van der Waals surface area contributed by atoms with Crippen molar-refractivity contribution in [2.45, 2.75) is 44.3 Å². The maximum Gasteiger partial charge on any atom is 0.390 e. The minimum absolute atomic E-state index is 0.127. The molecule has 0 amide bonds. The van der Waals surface area contributed by atoms with Crippen LogP contribution < -0.4 is 10.0 Å². The van der Waals surface area contributed by atoms with Crippen molar-refractivity contribution in [3.05, 3.63) is 17.6 Å². The summed E-state index contributed by atoms with van der Waals surface area (Å²) in [7, 11) is -3.99. The molecule has 0 fully saturated rings. The number of aryl methyl sites for hydroxylation is 1. The van der Waals surface area contributed by atoms with Gasteiger partial charge in [-0.3, -0.25) is 0 Å². The molecule has 2 N–H and O–H groups in total. The Balaban J connectivity index is 2.70. The van der Waals surface area contributed by atoms with E-state index in [-0.39, 0.29) is 10.7 Å². The van der Waals surface area contributed by atoms with Gasteiger partial charge in [0.15, 0.2) is 0 Å². The second-order valence-corrected chi connectivity index (χ2v) is 6.31. The quantitative estimate of drug-likeness (QED) is 0.719. The molecule has 1 rings (SSSR count). The molecule has 0 unspecified atom stereocenters. The Morgan fingerprint density at radius 3 is 2.52 bits per heavy atom. The summed E-state index contributed by atoms with van der Waals surface area (Å²) in [6, 6.07) is 1.33. The van der Waals surface area contributed by atoms with Crippen molar-refractivity contribution in [3.63, 3.8) is 0 Å². The van der Waals surface area contributed by atoms with Crippen molar-refractivity contribution in [1.82, 2.24) is 10.0 Å². The molecule has 0 saturated heterocycles. The van der Waals surface area contributed by atoms with Gasteiger partial charge in [0.05, 0.1) is 13.0 Å². The van der Waals surface area contributed by atoms with Gasteiger partial charge >= 0.3 is 6.18 Å². The first kappa shape index (κ1) is 18.0. The zero-order chi connectivity index (χ0) is 16.1. The number of hydrogen-bond acceptors (Lipinski definition) is 4. The molecule has 0 spiro atoms. The van der Waals surface area contributed by atoms with Crippen LogP contribution in [-0.4, -0.2) is 27.7 Å². The molecule has 0 saturated carbocycles. The normalized spacial score (nSPS) is 12.8. The molecule has 0 atom stereocenters. The van der Waals surface area contributed by atoms with E-state index in [0.29, 0.717) is 12.3 Å². The van der Waals surface area contributed by atoms with Crippen LogP contribution in [-0.2, 0) is 16.6 Å². The van der Waals surface area contributed by atoms with Crippen molar-refractivity contribution in [2.75, 3.05) is 13.1 Å². The molecule has 122 valence electrons. The summed E-state index contributed by atoms with van der Waals surface area (Å²) in [4.78, 5) is -0.127. The van der Waals surface area contributed by atoms with Crippen LogP contribution in [0.5, 0.6) is 0 Å². The highest BCUT2D eigenvalue weighted by molar-refractivity contribution is 7.89. The molecule has 0 bridgehead atoms. The van der Waals surface area contributed by atoms with E-state index in [0.717, 1.165) is 13.0 Å². The van der Waals surface area contributed by atoms with E-state index >= 15 is 0 Å². The van der Waals surface area contributed by atoms with Crippen LogP contribution in [0.2, 0.25) is 0 Å². The zero-order valence-electron chi connectivity index (χ0n) is 11.9. The molecule has 5 nitrogen and oxygen atoms in total. The number of hydrogen-bond donors (Lipinski definition) is 2. The predicted molar refractivity (Wildman–Crippen MR) is 71.3 cm³/mol. The van der Waals surface area contributed by atoms with E-state index in [1.807, 2.05) is 11.6 Å². The minimum Gasteiger partial charge on any atom is -0.464 e. The SMILES string of the molecule is CCCNCc1cc(S(=O)(=O)NCCC(F)(F)F)c(C)o1. The fourth-order valence-corrected chi connectivity index (χ4v) is 2.90. The first-order chi connectivity index (χ1) is 9.65. The summed E-state index contributed by atoms with van der Waals surface area (Å²) < 4.78 is 67.1. The van der Waals surface area contributed by atoms with Crippen molar-refractivity contribution in [3.8, 4) is 0 Å². The Labute approximate surface area is 122 Å². The number of halogens is 3. The zero-order valence-corrected chi connectivity index (χ0v) is 12.7. The molecule has 0 aliphatic rings. The lowest BCUT2D eigenvalue weighted by Gasteiger charge is -2.07. The smallest absolute Gasteiger partial charge is 0.390 e. The standard InChI is InChI=1S/C12H19F3N2O3S/c1-3-5-16-8-10-7-11(9(2)20-10)21(18,19)17-6-4-12(13,14)15/h7,16-17H,3-6,8H2,1-2H3. The monoisotopic (exact) mass is 328 g/mol. The van der Waals surface area contributed by atoms with Gasteiger partial charge in [0.1, 0.15) is 16.4 Å². The Kier molecular flexibility index (Phi) is 6.24. The highest BCUT2D eigenvalue weighted by Crippen LogP contribution is 2.21. The van der Waals surface area contributed by atoms with E-state index in [4.69, 9.17) is 4.42 Å². The summed E-state index contributed by atoms with van der Waals surface area (Å²) in [6.45, 7) is 3.88. The van der Waals surface area contributed by atoms with Crippen molar-refractivity contribution >= 4 is 10.0 Å². The summed E-state index contributed by atoms with van der Waals surface area (Å²) in [5.74, 6) is 0.583. The number of furan rings is 1. The Hall–Kier alpha value is -1.06. The van der Waals surface area contributed by atoms with Crippen LogP contribution in [0.25, 0.3) is 0 Å². The van der Waals surface area contributed by atoms with Crippen molar-refractivity contribution in [2.24, 2.45) is 0 Å². The molecule has 0 aliphatic carbocycles. The van der Waals surface area contributed by atoms with Crippen LogP contribution in [0, 0.1) is 6.92 Å². The van der Waals surface area contributed by atoms with Crippen LogP contribution in [0.15, 0.2) is 15.4 Å². The average Bonchev–Trinajstić information content (AvgIpc) is 2.69. The molecule has 0 radical (unpaired) electrons. The summed E-state index contributed by atoms with van der Waals surface area (Å²) in [6.07, 6.45) is -4.69. The maximum absolute atomic E-state index is 12.0. The molecule has 9 heteroatoms. The highest BCUT2D eigenvalue weighted by Gasteiger charge is 2.28. The summed E-state index contributed by atoms with van der Waals surface area (Å²) in [5, 5.41) is 3.05. The van der Waals surface area contributed by atoms with Crippen LogP contribution in [0.1, 0.15) is 31.3 Å². The Bertz CT molecular complexity index is 553. The summed E-state index contributed by atoms with van der Waals surface area (Å²) in [5.41, 5.74) is 0. The fourth-order valence-electron chi connectivity index (χ4n) is 1.67. The molecule has 1 aromatic heterocycles. The largest absolute Gasteiger partial charge is 0.464 e. The van der Waals surface area contributed by atoms with Gasteiger partial charge in [0.25, 0.3) is 0 Å². The van der Waals surface area contributed by atoms with Crippen molar-refractivity contribution in [1.29, 1.82) is 0 Å². The van der Waals surface area contributed by atoms with Gasteiger partial charge in [-0.05, 0) is 19.9 Å². The number of rotatable bonds is 8. The molecule has 0 aliphatic heterocycles. The van der Waals surface area contributed by atoms with Gasteiger partial charge in [0, 0.05) is 12.6 Å². The second kappa shape index (κ2) is 7.28. The lowest BCUT2D eigenvalue weighted by molar-refractivity contribution is -0.132. The van der Waals surface area contributed by atoms with E-state index in [9.17, 15) is 21.6 Å². The third-order valence-corrected chi connectivity index (χ3v) is 4.21. The van der Waals surface area contributed by atoms with Crippen LogP contribution >= 0.6 is 0 Å². The second-order valence-electron chi connectivity index (χ2n) is 4.57. The number of alkyl halides is 3. The van der Waals surface area contributed by atoms with Gasteiger partial charge in [-0.15, -0.1) is 0 Å². The number of nitrogens with one attached hydrogen (secondary N) is 2. The fraction of sp³-hybridized carbons (Fsp3) is 0.667. The van der Waals surface area contributed by atoms with Crippen molar-refractivity contribution < 1.29 is 26.0 Å². The number of sulfonamides is 1. The predicted octanol–water partition coefficient (Wildman–Crippen LogP) is 2.32. The molecule has 1 heterocycles. The van der Waals surface area contributed by atoms with Crippen LogP contribution in [0.4, 0.5) is 13.2 Å². The summed E-state index contributed by atoms with van der Waals surface area (Å²) >= 11 is 0. The molecular weight excluding hydrogens is 309 g/mol. The van der Waals surface area contributed by atoms with Gasteiger partial charge in [-0.1, -0.05) is 6.92 Å². The van der Waals surface area contributed by atoms with Gasteiger partial charge in [-0.25, -0.2) is 13.1 Å².